The zero-order valence-electron chi connectivity index (χ0n) is 10.7. The van der Waals surface area contributed by atoms with E-state index in [1.165, 1.54) is 7.11 Å². The van der Waals surface area contributed by atoms with Gasteiger partial charge in [-0.25, -0.2) is 4.79 Å². The largest absolute Gasteiger partial charge is 0.508 e. The van der Waals surface area contributed by atoms with Crippen LogP contribution in [0.2, 0.25) is 0 Å². The predicted molar refractivity (Wildman–Crippen MR) is 70.7 cm³/mol. The summed E-state index contributed by atoms with van der Waals surface area (Å²) in [6, 6.07) is 11.5. The van der Waals surface area contributed by atoms with E-state index < -0.39 is 0 Å². The molecule has 2 aromatic rings. The highest BCUT2D eigenvalue weighted by molar-refractivity contribution is 5.89. The van der Waals surface area contributed by atoms with E-state index in [0.29, 0.717) is 17.1 Å². The molecule has 0 saturated carbocycles. The summed E-state index contributed by atoms with van der Waals surface area (Å²) in [6.45, 7) is 1.85. The highest BCUT2D eigenvalue weighted by Crippen LogP contribution is 2.27. The third-order valence-corrected chi connectivity index (χ3v) is 2.66. The smallest absolute Gasteiger partial charge is 0.337 e. The van der Waals surface area contributed by atoms with E-state index in [4.69, 9.17) is 4.74 Å². The number of benzene rings is 2. The van der Waals surface area contributed by atoms with Gasteiger partial charge in [-0.3, -0.25) is 0 Å². The SMILES string of the molecule is COC(=O)c1ccc(Oc2ccc(O)cc2C)cc1. The Morgan fingerprint density at radius 3 is 2.37 bits per heavy atom. The Bertz CT molecular complexity index is 588. The third kappa shape index (κ3) is 3.04. The molecule has 19 heavy (non-hydrogen) atoms. The van der Waals surface area contributed by atoms with Gasteiger partial charge < -0.3 is 14.6 Å². The van der Waals surface area contributed by atoms with E-state index in [-0.39, 0.29) is 11.7 Å². The summed E-state index contributed by atoms with van der Waals surface area (Å²) in [7, 11) is 1.34. The number of esters is 1. The van der Waals surface area contributed by atoms with Crippen LogP contribution in [-0.2, 0) is 4.74 Å². The Balaban J connectivity index is 2.17. The molecule has 4 nitrogen and oxygen atoms in total. The van der Waals surface area contributed by atoms with Gasteiger partial charge in [-0.2, -0.15) is 0 Å². The van der Waals surface area contributed by atoms with E-state index in [2.05, 4.69) is 4.74 Å². The first-order valence-corrected chi connectivity index (χ1v) is 5.76. The summed E-state index contributed by atoms with van der Waals surface area (Å²) < 4.78 is 10.3. The average molecular weight is 258 g/mol. The molecular formula is C15H14O4. The van der Waals surface area contributed by atoms with Crippen LogP contribution in [0.1, 0.15) is 15.9 Å². The van der Waals surface area contributed by atoms with E-state index >= 15 is 0 Å². The number of hydrogen-bond acceptors (Lipinski definition) is 4. The Morgan fingerprint density at radius 2 is 1.79 bits per heavy atom. The quantitative estimate of drug-likeness (QED) is 0.858. The molecule has 0 aliphatic carbocycles. The lowest BCUT2D eigenvalue weighted by atomic mass is 10.2. The number of phenolic OH excluding ortho intramolecular Hbond substituents is 1. The summed E-state index contributed by atoms with van der Waals surface area (Å²) in [5.74, 6) is 1.09. The van der Waals surface area contributed by atoms with E-state index in [9.17, 15) is 9.90 Å². The fourth-order valence-corrected chi connectivity index (χ4v) is 1.65. The summed E-state index contributed by atoms with van der Waals surface area (Å²) in [5.41, 5.74) is 1.30. The van der Waals surface area contributed by atoms with Crippen LogP contribution in [0.3, 0.4) is 0 Å². The molecule has 4 heteroatoms. The number of ether oxygens (including phenoxy) is 2. The van der Waals surface area contributed by atoms with Crippen LogP contribution in [0.15, 0.2) is 42.5 Å². The standard InChI is InChI=1S/C15H14O4/c1-10-9-12(16)5-8-14(10)19-13-6-3-11(4-7-13)15(17)18-2/h3-9,16H,1-2H3. The van der Waals surface area contributed by atoms with Crippen LogP contribution in [0, 0.1) is 6.92 Å². The third-order valence-electron chi connectivity index (χ3n) is 2.66. The van der Waals surface area contributed by atoms with Crippen molar-refractivity contribution in [3.05, 3.63) is 53.6 Å². The zero-order chi connectivity index (χ0) is 13.8. The van der Waals surface area contributed by atoms with Crippen molar-refractivity contribution < 1.29 is 19.4 Å². The van der Waals surface area contributed by atoms with Crippen molar-refractivity contribution in [1.82, 2.24) is 0 Å². The van der Waals surface area contributed by atoms with Gasteiger partial charge in [0.05, 0.1) is 12.7 Å². The minimum absolute atomic E-state index is 0.200. The van der Waals surface area contributed by atoms with Crippen molar-refractivity contribution in [3.8, 4) is 17.2 Å². The molecule has 0 aromatic heterocycles. The molecule has 2 rings (SSSR count). The molecule has 0 bridgehead atoms. The molecule has 0 saturated heterocycles. The first kappa shape index (κ1) is 13.0. The van der Waals surface area contributed by atoms with Crippen LogP contribution in [0.5, 0.6) is 17.2 Å². The van der Waals surface area contributed by atoms with Gasteiger partial charge in [-0.15, -0.1) is 0 Å². The molecule has 0 atom stereocenters. The molecule has 1 N–H and O–H groups in total. The number of methoxy groups -OCH3 is 1. The number of aromatic hydroxyl groups is 1. The highest BCUT2D eigenvalue weighted by Gasteiger charge is 2.06. The monoisotopic (exact) mass is 258 g/mol. The zero-order valence-corrected chi connectivity index (χ0v) is 10.7. The van der Waals surface area contributed by atoms with Gasteiger partial charge in [0.1, 0.15) is 17.2 Å². The van der Waals surface area contributed by atoms with Gasteiger partial charge in [-0.1, -0.05) is 0 Å². The first-order valence-electron chi connectivity index (χ1n) is 5.76. The lowest BCUT2D eigenvalue weighted by molar-refractivity contribution is 0.0600. The van der Waals surface area contributed by atoms with Gasteiger partial charge in [0.2, 0.25) is 0 Å². The van der Waals surface area contributed by atoms with E-state index in [1.807, 2.05) is 6.92 Å². The lowest BCUT2D eigenvalue weighted by Crippen LogP contribution is -2.00. The minimum atomic E-state index is -0.382. The molecule has 0 amide bonds. The van der Waals surface area contributed by atoms with Gasteiger partial charge in [0.25, 0.3) is 0 Å². The van der Waals surface area contributed by atoms with Crippen LogP contribution in [0.4, 0.5) is 0 Å². The molecule has 0 radical (unpaired) electrons. The van der Waals surface area contributed by atoms with Gasteiger partial charge in [0.15, 0.2) is 0 Å². The van der Waals surface area contributed by atoms with Crippen LogP contribution >= 0.6 is 0 Å². The van der Waals surface area contributed by atoms with E-state index in [1.54, 1.807) is 42.5 Å². The van der Waals surface area contributed by atoms with Crippen LogP contribution in [0.25, 0.3) is 0 Å². The maximum absolute atomic E-state index is 11.3. The van der Waals surface area contributed by atoms with Crippen molar-refractivity contribution in [3.63, 3.8) is 0 Å². The summed E-state index contributed by atoms with van der Waals surface area (Å²) in [5, 5.41) is 9.32. The molecule has 0 spiro atoms. The summed E-state index contributed by atoms with van der Waals surface area (Å²) in [4.78, 5) is 11.3. The number of aryl methyl sites for hydroxylation is 1. The van der Waals surface area contributed by atoms with E-state index in [0.717, 1.165) is 5.56 Å². The van der Waals surface area contributed by atoms with Gasteiger partial charge in [0, 0.05) is 0 Å². The van der Waals surface area contributed by atoms with Gasteiger partial charge >= 0.3 is 5.97 Å². The fraction of sp³-hybridized carbons (Fsp3) is 0.133. The number of hydrogen-bond donors (Lipinski definition) is 1. The number of carbonyl (C=O) groups excluding carboxylic acids is 1. The summed E-state index contributed by atoms with van der Waals surface area (Å²) >= 11 is 0. The molecule has 0 aliphatic heterocycles. The predicted octanol–water partition coefficient (Wildman–Crippen LogP) is 3.28. The van der Waals surface area contributed by atoms with Crippen molar-refractivity contribution >= 4 is 5.97 Å². The number of carbonyl (C=O) groups is 1. The molecule has 0 aliphatic rings. The summed E-state index contributed by atoms with van der Waals surface area (Å²) in [6.07, 6.45) is 0. The molecule has 0 heterocycles. The maximum Gasteiger partial charge on any atom is 0.337 e. The lowest BCUT2D eigenvalue weighted by Gasteiger charge is -2.09. The van der Waals surface area contributed by atoms with Crippen molar-refractivity contribution in [2.75, 3.05) is 7.11 Å². The normalized spacial score (nSPS) is 10.0. The second-order valence-corrected chi connectivity index (χ2v) is 4.07. The number of phenols is 1. The Labute approximate surface area is 111 Å². The molecule has 2 aromatic carbocycles. The molecular weight excluding hydrogens is 244 g/mol. The molecule has 0 fully saturated rings. The molecule has 0 unspecified atom stereocenters. The Hall–Kier alpha value is -2.49. The first-order chi connectivity index (χ1) is 9.10. The van der Waals surface area contributed by atoms with Crippen LogP contribution < -0.4 is 4.74 Å². The second-order valence-electron chi connectivity index (χ2n) is 4.07. The number of rotatable bonds is 3. The topological polar surface area (TPSA) is 55.8 Å². The Morgan fingerprint density at radius 1 is 1.11 bits per heavy atom. The van der Waals surface area contributed by atoms with Crippen molar-refractivity contribution in [2.24, 2.45) is 0 Å². The highest BCUT2D eigenvalue weighted by atomic mass is 16.5. The average Bonchev–Trinajstić information content (AvgIpc) is 2.42. The Kier molecular flexibility index (Phi) is 3.71. The van der Waals surface area contributed by atoms with Gasteiger partial charge in [-0.05, 0) is 55.0 Å². The second kappa shape index (κ2) is 5.44. The minimum Gasteiger partial charge on any atom is -0.508 e. The molecule has 98 valence electrons. The van der Waals surface area contributed by atoms with Crippen LogP contribution in [-0.4, -0.2) is 18.2 Å². The van der Waals surface area contributed by atoms with Crippen molar-refractivity contribution in [2.45, 2.75) is 6.92 Å². The maximum atomic E-state index is 11.3. The fourth-order valence-electron chi connectivity index (χ4n) is 1.65. The van der Waals surface area contributed by atoms with Crippen molar-refractivity contribution in [1.29, 1.82) is 0 Å².